The molecule has 0 aromatic carbocycles. The van der Waals surface area contributed by atoms with Crippen molar-refractivity contribution < 1.29 is 29.1 Å². The molecule has 14 nitrogen and oxygen atoms in total. The van der Waals surface area contributed by atoms with Crippen LogP contribution in [0.2, 0.25) is 0 Å². The summed E-state index contributed by atoms with van der Waals surface area (Å²) in [4.78, 5) is 65.0. The number of carboxylic acid groups (broad SMARTS) is 1. The highest BCUT2D eigenvalue weighted by Crippen LogP contribution is 2.07. The molecule has 0 radical (unpaired) electrons. The van der Waals surface area contributed by atoms with Gasteiger partial charge in [0.2, 0.25) is 23.6 Å². The van der Waals surface area contributed by atoms with Gasteiger partial charge in [-0.1, -0.05) is 13.8 Å². The van der Waals surface area contributed by atoms with Crippen molar-refractivity contribution in [2.24, 2.45) is 33.8 Å². The number of nitrogens with one attached hydrogen (secondary N) is 3. The first-order valence-corrected chi connectivity index (χ1v) is 12.9. The quantitative estimate of drug-likeness (QED) is 0.0526. The molecule has 0 aliphatic carbocycles. The van der Waals surface area contributed by atoms with E-state index in [4.69, 9.17) is 22.9 Å². The maximum atomic E-state index is 13.0. The van der Waals surface area contributed by atoms with Crippen LogP contribution in [-0.4, -0.2) is 83.4 Å². The van der Waals surface area contributed by atoms with Crippen LogP contribution >= 0.6 is 11.8 Å². The fraction of sp³-hybridized carbons (Fsp3) is 0.714. The Labute approximate surface area is 215 Å². The number of aliphatic imine (C=N–C) groups is 1. The zero-order valence-corrected chi connectivity index (χ0v) is 21.8. The summed E-state index contributed by atoms with van der Waals surface area (Å²) in [5.41, 5.74) is 21.5. The highest BCUT2D eigenvalue weighted by Gasteiger charge is 2.30. The van der Waals surface area contributed by atoms with E-state index in [-0.39, 0.29) is 44.1 Å². The summed E-state index contributed by atoms with van der Waals surface area (Å²) < 4.78 is 0. The van der Waals surface area contributed by atoms with Crippen molar-refractivity contribution in [3.63, 3.8) is 0 Å². The number of carbonyl (C=O) groups excluding carboxylic acids is 4. The molecule has 0 rings (SSSR count). The van der Waals surface area contributed by atoms with E-state index in [0.29, 0.717) is 12.2 Å². The summed E-state index contributed by atoms with van der Waals surface area (Å²) in [6, 6.07) is -4.37. The van der Waals surface area contributed by atoms with Gasteiger partial charge in [-0.15, -0.1) is 0 Å². The second kappa shape index (κ2) is 17.4. The molecule has 0 saturated heterocycles. The second-order valence-corrected chi connectivity index (χ2v) is 9.51. The Bertz CT molecular complexity index is 790. The third-order valence-electron chi connectivity index (χ3n) is 5.14. The molecule has 12 N–H and O–H groups in total. The van der Waals surface area contributed by atoms with Gasteiger partial charge >= 0.3 is 5.97 Å². The van der Waals surface area contributed by atoms with Crippen molar-refractivity contribution in [1.82, 2.24) is 16.0 Å². The lowest BCUT2D eigenvalue weighted by atomic mass is 10.0. The lowest BCUT2D eigenvalue weighted by Gasteiger charge is -2.25. The molecule has 0 fully saturated rings. The number of thioether (sulfide) groups is 1. The van der Waals surface area contributed by atoms with Crippen LogP contribution in [0.15, 0.2) is 4.99 Å². The van der Waals surface area contributed by atoms with Crippen molar-refractivity contribution in [3.8, 4) is 0 Å². The second-order valence-electron chi connectivity index (χ2n) is 8.53. The molecule has 36 heavy (non-hydrogen) atoms. The number of carbonyl (C=O) groups is 5. The predicted molar refractivity (Wildman–Crippen MR) is 138 cm³/mol. The van der Waals surface area contributed by atoms with Crippen molar-refractivity contribution in [2.45, 2.75) is 70.1 Å². The molecule has 0 aliphatic heterocycles. The first kappa shape index (κ1) is 32.9. The van der Waals surface area contributed by atoms with E-state index < -0.39 is 53.8 Å². The first-order chi connectivity index (χ1) is 16.8. The zero-order valence-electron chi connectivity index (χ0n) is 21.0. The number of carboxylic acids is 1. The summed E-state index contributed by atoms with van der Waals surface area (Å²) in [5.74, 6) is -3.78. The molecule has 0 aliphatic rings. The summed E-state index contributed by atoms with van der Waals surface area (Å²) in [5, 5.41) is 17.0. The molecule has 0 spiro atoms. The minimum absolute atomic E-state index is 0.0609. The van der Waals surface area contributed by atoms with E-state index in [9.17, 15) is 29.1 Å². The van der Waals surface area contributed by atoms with E-state index in [1.54, 1.807) is 13.8 Å². The fourth-order valence-electron chi connectivity index (χ4n) is 2.94. The molecular weight excluding hydrogens is 492 g/mol. The summed E-state index contributed by atoms with van der Waals surface area (Å²) in [6.45, 7) is 3.66. The average molecular weight is 533 g/mol. The summed E-state index contributed by atoms with van der Waals surface area (Å²) >= 11 is 1.43. The maximum absolute atomic E-state index is 13.0. The molecule has 15 heteroatoms. The number of rotatable bonds is 18. The fourth-order valence-corrected chi connectivity index (χ4v) is 3.41. The topological polar surface area (TPSA) is 258 Å². The standard InChI is InChI=1S/C21H40N8O6S/c1-11(2)16(23)19(33)28-12(6-7-15(22)30)17(31)27-13(8-10-36-3)18(32)29-14(20(34)35)5-4-9-26-21(24)25/h11-14,16H,4-10,23H2,1-3H3,(H2,22,30)(H,27,31)(H,28,33)(H,29,32)(H,34,35)(H4,24,25,26). The maximum Gasteiger partial charge on any atom is 0.326 e. The number of nitrogens with zero attached hydrogens (tertiary/aromatic N) is 1. The number of primary amides is 1. The number of hydrogen-bond acceptors (Lipinski definition) is 8. The normalized spacial score (nSPS) is 14.1. The molecule has 0 aromatic rings. The lowest BCUT2D eigenvalue weighted by molar-refractivity contribution is -0.142. The molecular formula is C21H40N8O6S. The molecule has 0 aromatic heterocycles. The molecule has 4 atom stereocenters. The van der Waals surface area contributed by atoms with Crippen molar-refractivity contribution in [3.05, 3.63) is 0 Å². The molecule has 4 unspecified atom stereocenters. The Morgan fingerprint density at radius 1 is 0.861 bits per heavy atom. The van der Waals surface area contributed by atoms with Gasteiger partial charge in [0.05, 0.1) is 6.04 Å². The Morgan fingerprint density at radius 2 is 1.39 bits per heavy atom. The Morgan fingerprint density at radius 3 is 1.86 bits per heavy atom. The van der Waals surface area contributed by atoms with Crippen molar-refractivity contribution in [1.29, 1.82) is 0 Å². The Kier molecular flexibility index (Phi) is 15.9. The van der Waals surface area contributed by atoms with Gasteiger partial charge in [-0.3, -0.25) is 24.2 Å². The van der Waals surface area contributed by atoms with Gasteiger partial charge in [-0.2, -0.15) is 11.8 Å². The lowest BCUT2D eigenvalue weighted by Crippen LogP contribution is -2.57. The van der Waals surface area contributed by atoms with E-state index in [0.717, 1.165) is 0 Å². The van der Waals surface area contributed by atoms with Crippen molar-refractivity contribution in [2.75, 3.05) is 18.6 Å². The van der Waals surface area contributed by atoms with Gasteiger partial charge < -0.3 is 44.0 Å². The van der Waals surface area contributed by atoms with Crippen molar-refractivity contribution >= 4 is 47.3 Å². The molecule has 4 amide bonds. The van der Waals surface area contributed by atoms with Crippen LogP contribution in [-0.2, 0) is 24.0 Å². The van der Waals surface area contributed by atoms with E-state index >= 15 is 0 Å². The number of aliphatic carboxylic acids is 1. The SMILES string of the molecule is CSCCC(NC(=O)C(CCC(N)=O)NC(=O)C(N)C(C)C)C(=O)NC(CCCN=C(N)N)C(=O)O. The van der Waals surface area contributed by atoms with Gasteiger partial charge in [0.1, 0.15) is 18.1 Å². The third-order valence-corrected chi connectivity index (χ3v) is 5.78. The molecule has 0 saturated carbocycles. The van der Waals surface area contributed by atoms with Gasteiger partial charge in [0, 0.05) is 13.0 Å². The average Bonchev–Trinajstić information content (AvgIpc) is 2.79. The van der Waals surface area contributed by atoms with Gasteiger partial charge in [-0.25, -0.2) is 4.79 Å². The van der Waals surface area contributed by atoms with Crippen LogP contribution < -0.4 is 38.9 Å². The van der Waals surface area contributed by atoms with Crippen LogP contribution in [0.1, 0.15) is 46.0 Å². The highest BCUT2D eigenvalue weighted by atomic mass is 32.2. The largest absolute Gasteiger partial charge is 0.480 e. The molecule has 206 valence electrons. The minimum Gasteiger partial charge on any atom is -0.480 e. The molecule has 0 bridgehead atoms. The zero-order chi connectivity index (χ0) is 27.8. The number of amides is 4. The van der Waals surface area contributed by atoms with Crippen LogP contribution in [0.4, 0.5) is 0 Å². The molecule has 0 heterocycles. The van der Waals surface area contributed by atoms with E-state index in [2.05, 4.69) is 20.9 Å². The van der Waals surface area contributed by atoms with Crippen LogP contribution in [0.25, 0.3) is 0 Å². The van der Waals surface area contributed by atoms with E-state index in [1.165, 1.54) is 11.8 Å². The first-order valence-electron chi connectivity index (χ1n) is 11.5. The Hall–Kier alpha value is -3.07. The minimum atomic E-state index is -1.25. The Balaban J connectivity index is 5.49. The summed E-state index contributed by atoms with van der Waals surface area (Å²) in [6.07, 6.45) is 2.08. The smallest absolute Gasteiger partial charge is 0.326 e. The monoisotopic (exact) mass is 532 g/mol. The van der Waals surface area contributed by atoms with Crippen LogP contribution in [0.5, 0.6) is 0 Å². The van der Waals surface area contributed by atoms with E-state index in [1.807, 2.05) is 6.26 Å². The van der Waals surface area contributed by atoms with Gasteiger partial charge in [-0.05, 0) is 43.6 Å². The highest BCUT2D eigenvalue weighted by molar-refractivity contribution is 7.98. The van der Waals surface area contributed by atoms with Gasteiger partial charge in [0.25, 0.3) is 0 Å². The van der Waals surface area contributed by atoms with Gasteiger partial charge in [0.15, 0.2) is 5.96 Å². The van der Waals surface area contributed by atoms with Crippen LogP contribution in [0, 0.1) is 5.92 Å². The predicted octanol–water partition coefficient (Wildman–Crippen LogP) is -2.42. The number of guanidine groups is 1. The van der Waals surface area contributed by atoms with Crippen LogP contribution in [0.3, 0.4) is 0 Å². The number of nitrogens with two attached hydrogens (primary N) is 4. The summed E-state index contributed by atoms with van der Waals surface area (Å²) in [7, 11) is 0. The number of hydrogen-bond donors (Lipinski definition) is 8. The third kappa shape index (κ3) is 13.7.